The van der Waals surface area contributed by atoms with Gasteiger partial charge in [0.1, 0.15) is 0 Å². The second-order valence-corrected chi connectivity index (χ2v) is 5.04. The van der Waals surface area contributed by atoms with Gasteiger partial charge < -0.3 is 9.79 Å². The average Bonchev–Trinajstić information content (AvgIpc) is 2.01. The minimum Gasteiger partial charge on any atom is -0.321 e. The predicted octanol–water partition coefficient (Wildman–Crippen LogP) is 2.60. The highest BCUT2D eigenvalue weighted by Crippen LogP contribution is 2.49. The molecule has 0 radical (unpaired) electrons. The largest absolute Gasteiger partial charge is 0.356 e. The van der Waals surface area contributed by atoms with E-state index in [9.17, 15) is 4.57 Å². The van der Waals surface area contributed by atoms with E-state index in [0.717, 1.165) is 4.47 Å². The van der Waals surface area contributed by atoms with Gasteiger partial charge in [-0.25, -0.2) is 0 Å². The lowest BCUT2D eigenvalue weighted by Crippen LogP contribution is -1.84. The molecule has 2 N–H and O–H groups in total. The van der Waals surface area contributed by atoms with Crippen molar-refractivity contribution in [2.45, 2.75) is 0 Å². The molecular formula is C8H8BrO3P. The van der Waals surface area contributed by atoms with Crippen molar-refractivity contribution in [1.29, 1.82) is 0 Å². The fraction of sp³-hybridized carbons (Fsp3) is 0. The van der Waals surface area contributed by atoms with Crippen molar-refractivity contribution in [1.82, 2.24) is 0 Å². The van der Waals surface area contributed by atoms with Crippen LogP contribution in [0.15, 0.2) is 35.3 Å². The number of benzene rings is 1. The van der Waals surface area contributed by atoms with Crippen LogP contribution in [-0.2, 0) is 4.57 Å². The molecule has 0 saturated heterocycles. The Morgan fingerprint density at radius 2 is 2.08 bits per heavy atom. The van der Waals surface area contributed by atoms with Crippen molar-refractivity contribution in [2.24, 2.45) is 0 Å². The average molecular weight is 263 g/mol. The van der Waals surface area contributed by atoms with Crippen LogP contribution in [0.5, 0.6) is 0 Å². The summed E-state index contributed by atoms with van der Waals surface area (Å²) in [5.74, 6) is 0. The molecule has 13 heavy (non-hydrogen) atoms. The van der Waals surface area contributed by atoms with E-state index in [4.69, 9.17) is 9.79 Å². The van der Waals surface area contributed by atoms with Gasteiger partial charge in [-0.1, -0.05) is 34.6 Å². The van der Waals surface area contributed by atoms with Gasteiger partial charge in [0.05, 0.1) is 5.31 Å². The first-order chi connectivity index (χ1) is 5.91. The van der Waals surface area contributed by atoms with Gasteiger partial charge in [-0.15, -0.1) is 0 Å². The predicted molar refractivity (Wildman–Crippen MR) is 55.2 cm³/mol. The highest BCUT2D eigenvalue weighted by molar-refractivity contribution is 9.10. The van der Waals surface area contributed by atoms with Crippen LogP contribution in [0.1, 0.15) is 5.56 Å². The second kappa shape index (κ2) is 3.76. The molecule has 0 aromatic heterocycles. The summed E-state index contributed by atoms with van der Waals surface area (Å²) in [5, 5.41) is -0.159. The lowest BCUT2D eigenvalue weighted by atomic mass is 10.2. The van der Waals surface area contributed by atoms with Gasteiger partial charge in [0.25, 0.3) is 0 Å². The maximum atomic E-state index is 10.8. The van der Waals surface area contributed by atoms with Crippen molar-refractivity contribution >= 4 is 28.8 Å². The summed E-state index contributed by atoms with van der Waals surface area (Å²) in [4.78, 5) is 17.7. The van der Waals surface area contributed by atoms with Gasteiger partial charge in [0, 0.05) is 4.47 Å². The Kier molecular flexibility index (Phi) is 3.09. The first-order valence-corrected chi connectivity index (χ1v) is 5.83. The third-order valence-electron chi connectivity index (χ3n) is 1.51. The molecule has 0 saturated carbocycles. The summed E-state index contributed by atoms with van der Waals surface area (Å²) in [6, 6.07) is 6.68. The molecule has 0 spiro atoms. The Bertz CT molecular complexity index is 383. The van der Waals surface area contributed by atoms with Crippen molar-refractivity contribution in [3.05, 3.63) is 40.9 Å². The quantitative estimate of drug-likeness (QED) is 0.806. The van der Waals surface area contributed by atoms with E-state index in [1.807, 2.05) is 0 Å². The van der Waals surface area contributed by atoms with E-state index in [-0.39, 0.29) is 5.31 Å². The van der Waals surface area contributed by atoms with Gasteiger partial charge in [0.2, 0.25) is 0 Å². The number of rotatable bonds is 2. The summed E-state index contributed by atoms with van der Waals surface area (Å²) in [5.41, 5.74) is 0.447. The molecule has 70 valence electrons. The Hall–Kier alpha value is -0.410. The third-order valence-corrected chi connectivity index (χ3v) is 2.96. The summed E-state index contributed by atoms with van der Waals surface area (Å²) in [6.45, 7) is 3.35. The monoisotopic (exact) mass is 262 g/mol. The van der Waals surface area contributed by atoms with Crippen LogP contribution in [-0.4, -0.2) is 9.79 Å². The Balaban J connectivity index is 3.10. The molecule has 1 aromatic rings. The van der Waals surface area contributed by atoms with Gasteiger partial charge >= 0.3 is 7.60 Å². The van der Waals surface area contributed by atoms with Gasteiger partial charge in [0.15, 0.2) is 0 Å². The van der Waals surface area contributed by atoms with E-state index < -0.39 is 7.60 Å². The van der Waals surface area contributed by atoms with Crippen molar-refractivity contribution < 1.29 is 14.4 Å². The molecule has 1 aromatic carbocycles. The van der Waals surface area contributed by atoms with Gasteiger partial charge in [-0.3, -0.25) is 4.57 Å². The maximum absolute atomic E-state index is 10.8. The summed E-state index contributed by atoms with van der Waals surface area (Å²) in [7, 11) is -4.21. The zero-order chi connectivity index (χ0) is 10.1. The number of halogens is 1. The van der Waals surface area contributed by atoms with E-state index in [1.54, 1.807) is 24.3 Å². The molecule has 0 atom stereocenters. The summed E-state index contributed by atoms with van der Waals surface area (Å²) >= 11 is 3.20. The smallest absolute Gasteiger partial charge is 0.321 e. The highest BCUT2D eigenvalue weighted by Gasteiger charge is 2.19. The van der Waals surface area contributed by atoms with E-state index in [1.165, 1.54) is 0 Å². The lowest BCUT2D eigenvalue weighted by molar-refractivity contribution is 0.388. The normalized spacial score (nSPS) is 11.3. The molecule has 0 unspecified atom stereocenters. The van der Waals surface area contributed by atoms with Crippen molar-refractivity contribution in [2.75, 3.05) is 0 Å². The van der Waals surface area contributed by atoms with Crippen LogP contribution in [0.25, 0.3) is 5.31 Å². The summed E-state index contributed by atoms with van der Waals surface area (Å²) < 4.78 is 11.6. The molecule has 1 rings (SSSR count). The van der Waals surface area contributed by atoms with Crippen LogP contribution in [0.2, 0.25) is 0 Å². The van der Waals surface area contributed by atoms with Crippen LogP contribution < -0.4 is 0 Å². The molecule has 3 nitrogen and oxygen atoms in total. The SMILES string of the molecule is C=C(c1cccc(Br)c1)P(=O)(O)O. The standard InChI is InChI=1S/C8H8BrO3P/c1-6(13(10,11)12)7-3-2-4-8(9)5-7/h2-5H,1H2,(H2,10,11,12). The second-order valence-electron chi connectivity index (χ2n) is 2.50. The van der Waals surface area contributed by atoms with Crippen molar-refractivity contribution in [3.8, 4) is 0 Å². The number of hydrogen-bond acceptors (Lipinski definition) is 1. The van der Waals surface area contributed by atoms with Crippen LogP contribution >= 0.6 is 23.5 Å². The Labute approximate surface area is 84.4 Å². The van der Waals surface area contributed by atoms with E-state index in [0.29, 0.717) is 5.56 Å². The molecule has 0 heterocycles. The molecule has 0 fully saturated rings. The highest BCUT2D eigenvalue weighted by atomic mass is 79.9. The minimum atomic E-state index is -4.21. The molecule has 0 amide bonds. The third kappa shape index (κ3) is 2.78. The van der Waals surface area contributed by atoms with Crippen molar-refractivity contribution in [3.63, 3.8) is 0 Å². The zero-order valence-electron chi connectivity index (χ0n) is 6.64. The van der Waals surface area contributed by atoms with Crippen LogP contribution in [0, 0.1) is 0 Å². The minimum absolute atomic E-state index is 0.159. The van der Waals surface area contributed by atoms with E-state index >= 15 is 0 Å². The van der Waals surface area contributed by atoms with Gasteiger partial charge in [-0.05, 0) is 17.7 Å². The lowest BCUT2D eigenvalue weighted by Gasteiger charge is -2.07. The molecular weight excluding hydrogens is 255 g/mol. The topological polar surface area (TPSA) is 57.5 Å². The van der Waals surface area contributed by atoms with Crippen LogP contribution in [0.4, 0.5) is 0 Å². The Morgan fingerprint density at radius 1 is 1.46 bits per heavy atom. The Morgan fingerprint density at radius 3 is 2.54 bits per heavy atom. The first-order valence-electron chi connectivity index (χ1n) is 3.42. The van der Waals surface area contributed by atoms with Crippen LogP contribution in [0.3, 0.4) is 0 Å². The fourth-order valence-electron chi connectivity index (χ4n) is 0.836. The fourth-order valence-corrected chi connectivity index (χ4v) is 1.71. The summed E-state index contributed by atoms with van der Waals surface area (Å²) in [6.07, 6.45) is 0. The molecule has 0 aliphatic rings. The molecule has 0 aliphatic carbocycles. The molecule has 0 aliphatic heterocycles. The number of hydrogen-bond donors (Lipinski definition) is 2. The molecule has 5 heteroatoms. The zero-order valence-corrected chi connectivity index (χ0v) is 9.12. The maximum Gasteiger partial charge on any atom is 0.356 e. The first kappa shape index (κ1) is 10.7. The molecule has 0 bridgehead atoms. The van der Waals surface area contributed by atoms with Gasteiger partial charge in [-0.2, -0.15) is 0 Å². The van der Waals surface area contributed by atoms with E-state index in [2.05, 4.69) is 22.5 Å².